The Morgan fingerprint density at radius 1 is 1.30 bits per heavy atom. The molecule has 1 heterocycles. The maximum Gasteiger partial charge on any atom is 0.226 e. The predicted octanol–water partition coefficient (Wildman–Crippen LogP) is 2.61. The highest BCUT2D eigenvalue weighted by molar-refractivity contribution is 5.21. The molecule has 0 aliphatic rings. The van der Waals surface area contributed by atoms with Gasteiger partial charge in [-0.05, 0) is 31.9 Å². The largest absolute Gasteiger partial charge is 0.339 e. The van der Waals surface area contributed by atoms with Gasteiger partial charge in [-0.1, -0.05) is 11.2 Å². The molecular weight excluding hydrogens is 264 g/mol. The average molecular weight is 281 g/mol. The molecule has 1 aromatic carbocycles. The number of hydrogen-bond donors (Lipinski definition) is 1. The monoisotopic (exact) mass is 281 g/mol. The quantitative estimate of drug-likeness (QED) is 0.915. The Morgan fingerprint density at radius 3 is 2.70 bits per heavy atom. The van der Waals surface area contributed by atoms with Crippen molar-refractivity contribution < 1.29 is 13.3 Å². The lowest BCUT2D eigenvalue weighted by molar-refractivity contribution is 0.355. The summed E-state index contributed by atoms with van der Waals surface area (Å²) in [5.41, 5.74) is 5.90. The summed E-state index contributed by atoms with van der Waals surface area (Å²) in [7, 11) is 0. The van der Waals surface area contributed by atoms with E-state index in [2.05, 4.69) is 10.1 Å². The van der Waals surface area contributed by atoms with Gasteiger partial charge in [-0.2, -0.15) is 4.98 Å². The maximum absolute atomic E-state index is 13.5. The number of hydrogen-bond acceptors (Lipinski definition) is 4. The molecule has 0 atom stereocenters. The van der Waals surface area contributed by atoms with Gasteiger partial charge >= 0.3 is 0 Å². The minimum Gasteiger partial charge on any atom is -0.339 e. The lowest BCUT2D eigenvalue weighted by atomic mass is 10.0. The fourth-order valence-corrected chi connectivity index (χ4v) is 1.73. The van der Waals surface area contributed by atoms with E-state index in [0.717, 1.165) is 6.07 Å². The SMILES string of the molecule is CC(C)(N)CCc1nc(Cc2ccc(F)cc2F)no1. The van der Waals surface area contributed by atoms with Crippen molar-refractivity contribution in [2.75, 3.05) is 0 Å². The lowest BCUT2D eigenvalue weighted by Crippen LogP contribution is -2.32. The van der Waals surface area contributed by atoms with Crippen molar-refractivity contribution in [2.45, 2.75) is 38.6 Å². The molecule has 4 nitrogen and oxygen atoms in total. The topological polar surface area (TPSA) is 64.9 Å². The third kappa shape index (κ3) is 4.09. The van der Waals surface area contributed by atoms with Crippen molar-refractivity contribution >= 4 is 0 Å². The molecule has 6 heteroatoms. The molecule has 2 rings (SSSR count). The summed E-state index contributed by atoms with van der Waals surface area (Å²) in [6.07, 6.45) is 1.45. The van der Waals surface area contributed by atoms with E-state index in [1.807, 2.05) is 13.8 Å². The Hall–Kier alpha value is -1.82. The van der Waals surface area contributed by atoms with Crippen LogP contribution in [0.25, 0.3) is 0 Å². The molecule has 0 radical (unpaired) electrons. The van der Waals surface area contributed by atoms with E-state index in [9.17, 15) is 8.78 Å². The number of benzene rings is 1. The smallest absolute Gasteiger partial charge is 0.226 e. The van der Waals surface area contributed by atoms with Crippen LogP contribution in [0.3, 0.4) is 0 Å². The van der Waals surface area contributed by atoms with Crippen LogP contribution >= 0.6 is 0 Å². The second-order valence-electron chi connectivity index (χ2n) is 5.51. The van der Waals surface area contributed by atoms with Crippen molar-refractivity contribution in [3.63, 3.8) is 0 Å². The van der Waals surface area contributed by atoms with Gasteiger partial charge in [0, 0.05) is 24.4 Å². The first-order chi connectivity index (χ1) is 9.33. The van der Waals surface area contributed by atoms with Gasteiger partial charge in [0.2, 0.25) is 5.89 Å². The summed E-state index contributed by atoms with van der Waals surface area (Å²) in [5, 5.41) is 3.79. The predicted molar refractivity (Wildman–Crippen MR) is 70.0 cm³/mol. The zero-order chi connectivity index (χ0) is 14.8. The van der Waals surface area contributed by atoms with Gasteiger partial charge < -0.3 is 10.3 Å². The Balaban J connectivity index is 2.02. The minimum absolute atomic E-state index is 0.168. The first kappa shape index (κ1) is 14.6. The first-order valence-electron chi connectivity index (χ1n) is 6.38. The molecule has 0 spiro atoms. The van der Waals surface area contributed by atoms with Crippen molar-refractivity contribution in [2.24, 2.45) is 5.73 Å². The van der Waals surface area contributed by atoms with E-state index in [4.69, 9.17) is 10.3 Å². The number of nitrogens with zero attached hydrogens (tertiary/aromatic N) is 2. The summed E-state index contributed by atoms with van der Waals surface area (Å²) in [5.74, 6) is -0.369. The third-order valence-electron chi connectivity index (χ3n) is 2.86. The molecule has 0 aliphatic carbocycles. The molecule has 0 fully saturated rings. The molecule has 2 N–H and O–H groups in total. The number of halogens is 2. The molecule has 20 heavy (non-hydrogen) atoms. The molecule has 108 valence electrons. The fourth-order valence-electron chi connectivity index (χ4n) is 1.73. The van der Waals surface area contributed by atoms with E-state index in [-0.39, 0.29) is 12.0 Å². The summed E-state index contributed by atoms with van der Waals surface area (Å²) in [4.78, 5) is 4.18. The number of nitrogens with two attached hydrogens (primary N) is 1. The summed E-state index contributed by atoms with van der Waals surface area (Å²) >= 11 is 0. The Labute approximate surface area is 116 Å². The zero-order valence-electron chi connectivity index (χ0n) is 11.5. The number of rotatable bonds is 5. The minimum atomic E-state index is -0.612. The van der Waals surface area contributed by atoms with Gasteiger partial charge in [0.1, 0.15) is 11.6 Å². The standard InChI is InChI=1S/C14H17F2N3O/c1-14(2,17)6-5-13-18-12(19-20-13)7-9-3-4-10(15)8-11(9)16/h3-4,8H,5-7,17H2,1-2H3. The molecule has 0 saturated carbocycles. The van der Waals surface area contributed by atoms with Crippen LogP contribution in [0.4, 0.5) is 8.78 Å². The van der Waals surface area contributed by atoms with E-state index < -0.39 is 11.6 Å². The summed E-state index contributed by atoms with van der Waals surface area (Å²) in [6, 6.07) is 3.42. The van der Waals surface area contributed by atoms with Crippen molar-refractivity contribution in [1.29, 1.82) is 0 Å². The Kier molecular flexibility index (Phi) is 4.13. The third-order valence-corrected chi connectivity index (χ3v) is 2.86. The highest BCUT2D eigenvalue weighted by Gasteiger charge is 2.15. The van der Waals surface area contributed by atoms with Crippen LogP contribution in [0.2, 0.25) is 0 Å². The number of aromatic nitrogens is 2. The summed E-state index contributed by atoms with van der Waals surface area (Å²) < 4.78 is 31.4. The molecule has 0 amide bonds. The van der Waals surface area contributed by atoms with Gasteiger partial charge in [-0.25, -0.2) is 8.78 Å². The molecule has 0 bridgehead atoms. The number of aryl methyl sites for hydroxylation is 1. The van der Waals surface area contributed by atoms with Crippen LogP contribution in [-0.2, 0) is 12.8 Å². The Morgan fingerprint density at radius 2 is 2.05 bits per heavy atom. The van der Waals surface area contributed by atoms with E-state index in [1.54, 1.807) is 0 Å². The molecule has 0 saturated heterocycles. The highest BCUT2D eigenvalue weighted by Crippen LogP contribution is 2.14. The highest BCUT2D eigenvalue weighted by atomic mass is 19.1. The van der Waals surface area contributed by atoms with Crippen molar-refractivity contribution in [3.8, 4) is 0 Å². The van der Waals surface area contributed by atoms with Crippen molar-refractivity contribution in [1.82, 2.24) is 10.1 Å². The maximum atomic E-state index is 13.5. The molecule has 2 aromatic rings. The van der Waals surface area contributed by atoms with Crippen LogP contribution in [0.15, 0.2) is 22.7 Å². The van der Waals surface area contributed by atoms with Crippen LogP contribution in [0, 0.1) is 11.6 Å². The van der Waals surface area contributed by atoms with Crippen LogP contribution < -0.4 is 5.73 Å². The van der Waals surface area contributed by atoms with E-state index >= 15 is 0 Å². The summed E-state index contributed by atoms with van der Waals surface area (Å²) in [6.45, 7) is 3.83. The van der Waals surface area contributed by atoms with Gasteiger partial charge in [0.15, 0.2) is 5.82 Å². The molecule has 1 aromatic heterocycles. The van der Waals surface area contributed by atoms with E-state index in [1.165, 1.54) is 12.1 Å². The second kappa shape index (κ2) is 5.66. The van der Waals surface area contributed by atoms with Gasteiger partial charge in [-0.15, -0.1) is 0 Å². The Bertz CT molecular complexity index is 590. The first-order valence-corrected chi connectivity index (χ1v) is 6.38. The van der Waals surface area contributed by atoms with Crippen LogP contribution in [0.5, 0.6) is 0 Å². The zero-order valence-corrected chi connectivity index (χ0v) is 11.5. The fraction of sp³-hybridized carbons (Fsp3) is 0.429. The normalized spacial score (nSPS) is 11.8. The van der Waals surface area contributed by atoms with Crippen LogP contribution in [-0.4, -0.2) is 15.7 Å². The van der Waals surface area contributed by atoms with Gasteiger partial charge in [-0.3, -0.25) is 0 Å². The van der Waals surface area contributed by atoms with Gasteiger partial charge in [0.25, 0.3) is 0 Å². The molecule has 0 aliphatic heterocycles. The van der Waals surface area contributed by atoms with Crippen LogP contribution in [0.1, 0.15) is 37.5 Å². The average Bonchev–Trinajstić information content (AvgIpc) is 2.77. The van der Waals surface area contributed by atoms with Gasteiger partial charge in [0.05, 0.1) is 0 Å². The second-order valence-corrected chi connectivity index (χ2v) is 5.51. The lowest BCUT2D eigenvalue weighted by Gasteiger charge is -2.16. The van der Waals surface area contributed by atoms with E-state index in [0.29, 0.717) is 30.1 Å². The molecule has 0 unspecified atom stereocenters. The van der Waals surface area contributed by atoms with Crippen molar-refractivity contribution in [3.05, 3.63) is 47.1 Å². The molecular formula is C14H17F2N3O.